The number of carbonyl (C=O) groups excluding carboxylic acids is 1. The predicted molar refractivity (Wildman–Crippen MR) is 95.2 cm³/mol. The molecule has 1 unspecified atom stereocenters. The molecule has 2 amide bonds. The number of urea groups is 1. The molecule has 2 fully saturated rings. The molecule has 1 aromatic rings. The van der Waals surface area contributed by atoms with E-state index < -0.39 is 11.9 Å². The lowest BCUT2D eigenvalue weighted by Gasteiger charge is -2.31. The molecule has 7 heteroatoms. The molecule has 1 aromatic carbocycles. The highest BCUT2D eigenvalue weighted by Gasteiger charge is 2.28. The zero-order chi connectivity index (χ0) is 17.8. The SMILES string of the molecule is O=C(O)C1CCCN(C(=O)Nc2cc(Cl)ccc2OCC2CCC2)C1. The Bertz CT molecular complexity index is 648. The van der Waals surface area contributed by atoms with Gasteiger partial charge < -0.3 is 20.1 Å². The predicted octanol–water partition coefficient (Wildman–Crippen LogP) is 3.85. The number of nitrogens with one attached hydrogen (secondary N) is 1. The van der Waals surface area contributed by atoms with Crippen LogP contribution in [0.5, 0.6) is 5.75 Å². The Morgan fingerprint density at radius 3 is 2.76 bits per heavy atom. The number of carboxylic acid groups (broad SMARTS) is 1. The lowest BCUT2D eigenvalue weighted by molar-refractivity contribution is -0.143. The summed E-state index contributed by atoms with van der Waals surface area (Å²) in [6.07, 6.45) is 4.90. The van der Waals surface area contributed by atoms with E-state index in [-0.39, 0.29) is 12.6 Å². The van der Waals surface area contributed by atoms with Gasteiger partial charge in [-0.1, -0.05) is 18.0 Å². The van der Waals surface area contributed by atoms with Crippen LogP contribution in [0.2, 0.25) is 5.02 Å². The van der Waals surface area contributed by atoms with Gasteiger partial charge in [0.2, 0.25) is 0 Å². The van der Waals surface area contributed by atoms with E-state index in [0.717, 1.165) is 0 Å². The molecule has 1 heterocycles. The number of rotatable bonds is 5. The Hall–Kier alpha value is -1.95. The molecule has 1 aliphatic carbocycles. The minimum Gasteiger partial charge on any atom is -0.491 e. The first kappa shape index (κ1) is 17.9. The zero-order valence-electron chi connectivity index (χ0n) is 14.0. The van der Waals surface area contributed by atoms with Crippen LogP contribution in [0.3, 0.4) is 0 Å². The van der Waals surface area contributed by atoms with Gasteiger partial charge in [0.1, 0.15) is 5.75 Å². The van der Waals surface area contributed by atoms with E-state index in [0.29, 0.717) is 48.4 Å². The number of nitrogens with zero attached hydrogens (tertiary/aromatic N) is 1. The molecule has 25 heavy (non-hydrogen) atoms. The smallest absolute Gasteiger partial charge is 0.321 e. The van der Waals surface area contributed by atoms with Crippen LogP contribution in [0, 0.1) is 11.8 Å². The summed E-state index contributed by atoms with van der Waals surface area (Å²) in [5, 5.41) is 12.5. The number of aliphatic carboxylic acids is 1. The molecule has 0 spiro atoms. The first-order valence-corrected chi connectivity index (χ1v) is 9.12. The molecular weight excluding hydrogens is 344 g/mol. The number of carbonyl (C=O) groups is 2. The standard InChI is InChI=1S/C18H23ClN2O4/c19-14-6-7-16(25-11-12-3-1-4-12)15(9-14)20-18(24)21-8-2-5-13(10-21)17(22)23/h6-7,9,12-13H,1-5,8,10-11H2,(H,20,24)(H,22,23). The number of carboxylic acids is 1. The van der Waals surface area contributed by atoms with Crippen LogP contribution < -0.4 is 10.1 Å². The van der Waals surface area contributed by atoms with Crippen molar-refractivity contribution in [2.75, 3.05) is 25.0 Å². The fourth-order valence-electron chi connectivity index (χ4n) is 3.15. The van der Waals surface area contributed by atoms with Crippen LogP contribution in [0.15, 0.2) is 18.2 Å². The van der Waals surface area contributed by atoms with Crippen molar-refractivity contribution < 1.29 is 19.4 Å². The van der Waals surface area contributed by atoms with E-state index >= 15 is 0 Å². The number of ether oxygens (including phenoxy) is 1. The van der Waals surface area contributed by atoms with Crippen LogP contribution in [-0.2, 0) is 4.79 Å². The number of likely N-dealkylation sites (tertiary alicyclic amines) is 1. The number of amides is 2. The maximum absolute atomic E-state index is 12.5. The lowest BCUT2D eigenvalue weighted by atomic mass is 9.86. The van der Waals surface area contributed by atoms with Crippen LogP contribution in [0.1, 0.15) is 32.1 Å². The van der Waals surface area contributed by atoms with Gasteiger partial charge in [-0.2, -0.15) is 0 Å². The second-order valence-electron chi connectivity index (χ2n) is 6.80. The van der Waals surface area contributed by atoms with Crippen LogP contribution in [0.25, 0.3) is 0 Å². The van der Waals surface area contributed by atoms with E-state index in [4.69, 9.17) is 21.4 Å². The first-order valence-electron chi connectivity index (χ1n) is 8.74. The molecule has 0 aromatic heterocycles. The van der Waals surface area contributed by atoms with Gasteiger partial charge in [-0.25, -0.2) is 4.79 Å². The van der Waals surface area contributed by atoms with Gasteiger partial charge >= 0.3 is 12.0 Å². The highest BCUT2D eigenvalue weighted by atomic mass is 35.5. The molecule has 1 atom stereocenters. The fraction of sp³-hybridized carbons (Fsp3) is 0.556. The molecule has 2 aliphatic rings. The van der Waals surface area contributed by atoms with Crippen molar-refractivity contribution in [1.82, 2.24) is 4.90 Å². The van der Waals surface area contributed by atoms with E-state index in [1.54, 1.807) is 23.1 Å². The van der Waals surface area contributed by atoms with Gasteiger partial charge in [0.05, 0.1) is 18.2 Å². The topological polar surface area (TPSA) is 78.9 Å². The normalized spacial score (nSPS) is 20.7. The average molecular weight is 367 g/mol. The highest BCUT2D eigenvalue weighted by Crippen LogP contribution is 2.32. The molecule has 1 aliphatic heterocycles. The van der Waals surface area contributed by atoms with Crippen molar-refractivity contribution >= 4 is 29.3 Å². The van der Waals surface area contributed by atoms with Gasteiger partial charge in [0, 0.05) is 18.1 Å². The Labute approximate surface area is 152 Å². The van der Waals surface area contributed by atoms with Crippen LogP contribution in [-0.4, -0.2) is 41.7 Å². The number of hydrogen-bond donors (Lipinski definition) is 2. The Morgan fingerprint density at radius 2 is 2.08 bits per heavy atom. The molecule has 0 bridgehead atoms. The summed E-state index contributed by atoms with van der Waals surface area (Å²) >= 11 is 6.05. The third-order valence-electron chi connectivity index (χ3n) is 4.94. The van der Waals surface area contributed by atoms with Gasteiger partial charge in [-0.3, -0.25) is 4.79 Å². The first-order chi connectivity index (χ1) is 12.0. The second kappa shape index (κ2) is 7.95. The molecule has 1 saturated carbocycles. The van der Waals surface area contributed by atoms with Crippen LogP contribution >= 0.6 is 11.6 Å². The van der Waals surface area contributed by atoms with Gasteiger partial charge in [0.15, 0.2) is 0 Å². The van der Waals surface area contributed by atoms with Crippen molar-refractivity contribution in [3.8, 4) is 5.75 Å². The van der Waals surface area contributed by atoms with Crippen molar-refractivity contribution in [2.24, 2.45) is 11.8 Å². The van der Waals surface area contributed by atoms with Crippen molar-refractivity contribution in [3.63, 3.8) is 0 Å². The summed E-state index contributed by atoms with van der Waals surface area (Å²) in [5.41, 5.74) is 0.522. The largest absolute Gasteiger partial charge is 0.491 e. The van der Waals surface area contributed by atoms with Crippen molar-refractivity contribution in [1.29, 1.82) is 0 Å². The second-order valence-corrected chi connectivity index (χ2v) is 7.24. The van der Waals surface area contributed by atoms with Crippen molar-refractivity contribution in [2.45, 2.75) is 32.1 Å². The average Bonchev–Trinajstić information content (AvgIpc) is 2.55. The third-order valence-corrected chi connectivity index (χ3v) is 5.18. The number of anilines is 1. The maximum atomic E-state index is 12.5. The number of hydrogen-bond acceptors (Lipinski definition) is 3. The van der Waals surface area contributed by atoms with E-state index in [9.17, 15) is 9.59 Å². The Balaban J connectivity index is 1.64. The quantitative estimate of drug-likeness (QED) is 0.829. The fourth-order valence-corrected chi connectivity index (χ4v) is 3.32. The summed E-state index contributed by atoms with van der Waals surface area (Å²) in [6, 6.07) is 4.83. The zero-order valence-corrected chi connectivity index (χ0v) is 14.8. The van der Waals surface area contributed by atoms with E-state index in [2.05, 4.69) is 5.32 Å². The number of benzene rings is 1. The lowest BCUT2D eigenvalue weighted by Crippen LogP contribution is -2.44. The minimum absolute atomic E-state index is 0.222. The number of halogens is 1. The summed E-state index contributed by atoms with van der Waals surface area (Å²) in [6.45, 7) is 1.41. The Kier molecular flexibility index (Phi) is 5.68. The molecule has 0 radical (unpaired) electrons. The van der Waals surface area contributed by atoms with Crippen LogP contribution in [0.4, 0.5) is 10.5 Å². The minimum atomic E-state index is -0.857. The molecule has 1 saturated heterocycles. The van der Waals surface area contributed by atoms with Gasteiger partial charge in [0.25, 0.3) is 0 Å². The van der Waals surface area contributed by atoms with Crippen molar-refractivity contribution in [3.05, 3.63) is 23.2 Å². The van der Waals surface area contributed by atoms with Gasteiger partial charge in [-0.05, 0) is 49.8 Å². The third kappa shape index (κ3) is 4.57. The molecule has 3 rings (SSSR count). The molecule has 2 N–H and O–H groups in total. The maximum Gasteiger partial charge on any atom is 0.321 e. The summed E-state index contributed by atoms with van der Waals surface area (Å²) < 4.78 is 5.86. The monoisotopic (exact) mass is 366 g/mol. The van der Waals surface area contributed by atoms with Gasteiger partial charge in [-0.15, -0.1) is 0 Å². The Morgan fingerprint density at radius 1 is 1.28 bits per heavy atom. The van der Waals surface area contributed by atoms with E-state index in [1.165, 1.54) is 19.3 Å². The van der Waals surface area contributed by atoms with E-state index in [1.807, 2.05) is 0 Å². The molecule has 136 valence electrons. The summed E-state index contributed by atoms with van der Waals surface area (Å²) in [7, 11) is 0. The summed E-state index contributed by atoms with van der Waals surface area (Å²) in [5.74, 6) is -0.188. The highest BCUT2D eigenvalue weighted by molar-refractivity contribution is 6.31. The summed E-state index contributed by atoms with van der Waals surface area (Å²) in [4.78, 5) is 25.2. The molecule has 6 nitrogen and oxygen atoms in total. The molecular formula is C18H23ClN2O4. The number of piperidine rings is 1.